The van der Waals surface area contributed by atoms with Gasteiger partial charge in [-0.15, -0.1) is 0 Å². The first-order valence-corrected chi connectivity index (χ1v) is 12.7. The highest BCUT2D eigenvalue weighted by molar-refractivity contribution is 5.78. The van der Waals surface area contributed by atoms with Crippen LogP contribution < -0.4 is 5.32 Å². The van der Waals surface area contributed by atoms with Gasteiger partial charge < -0.3 is 15.0 Å². The van der Waals surface area contributed by atoms with E-state index in [1.807, 2.05) is 30.3 Å². The van der Waals surface area contributed by atoms with Gasteiger partial charge in [0, 0.05) is 19.5 Å². The Bertz CT molecular complexity index is 1180. The average Bonchev–Trinajstić information content (AvgIpc) is 2.91. The number of nitrogens with zero attached hydrogens (tertiary/aromatic N) is 2. The first kappa shape index (κ1) is 28.9. The van der Waals surface area contributed by atoms with E-state index in [1.54, 1.807) is 4.90 Å². The van der Waals surface area contributed by atoms with E-state index in [9.17, 15) is 36.4 Å². The molecule has 0 aliphatic carbocycles. The summed E-state index contributed by atoms with van der Waals surface area (Å²) in [6, 6.07) is 12.9. The first-order valence-electron chi connectivity index (χ1n) is 12.7. The van der Waals surface area contributed by atoms with E-state index in [-0.39, 0.29) is 30.7 Å². The smallest absolute Gasteiger partial charge is 0.372 e. The molecule has 2 aromatic carbocycles. The second kappa shape index (κ2) is 10.8. The second-order valence-electron chi connectivity index (χ2n) is 10.2. The van der Waals surface area contributed by atoms with E-state index < -0.39 is 40.7 Å². The molecule has 3 atom stereocenters. The molecule has 0 spiro atoms. The Morgan fingerprint density at radius 3 is 2.18 bits per heavy atom. The Morgan fingerprint density at radius 1 is 1.03 bits per heavy atom. The third kappa shape index (κ3) is 6.07. The van der Waals surface area contributed by atoms with Crippen molar-refractivity contribution in [2.75, 3.05) is 19.7 Å². The van der Waals surface area contributed by atoms with Crippen molar-refractivity contribution in [1.29, 1.82) is 5.26 Å². The van der Waals surface area contributed by atoms with Crippen LogP contribution in [0.2, 0.25) is 0 Å². The van der Waals surface area contributed by atoms with Gasteiger partial charge in [0.05, 0.1) is 35.4 Å². The third-order valence-electron chi connectivity index (χ3n) is 7.72. The molecular formula is C28H29F6N3O2. The largest absolute Gasteiger partial charge is 0.416 e. The Hall–Kier alpha value is -3.10. The van der Waals surface area contributed by atoms with E-state index in [0.717, 1.165) is 18.4 Å². The lowest BCUT2D eigenvalue weighted by atomic mass is 9.75. The number of halogens is 6. The van der Waals surface area contributed by atoms with E-state index in [2.05, 4.69) is 11.4 Å². The summed E-state index contributed by atoms with van der Waals surface area (Å²) in [5.41, 5.74) is -4.18. The summed E-state index contributed by atoms with van der Waals surface area (Å²) < 4.78 is 86.2. The molecule has 5 nitrogen and oxygen atoms in total. The summed E-state index contributed by atoms with van der Waals surface area (Å²) in [7, 11) is 0. The molecule has 1 amide bonds. The lowest BCUT2D eigenvalue weighted by Gasteiger charge is -2.49. The van der Waals surface area contributed by atoms with Gasteiger partial charge in [-0.1, -0.05) is 30.3 Å². The fraction of sp³-hybridized carbons (Fsp3) is 0.500. The average molecular weight is 554 g/mol. The van der Waals surface area contributed by atoms with Gasteiger partial charge in [-0.3, -0.25) is 4.79 Å². The predicted molar refractivity (Wildman–Crippen MR) is 130 cm³/mol. The summed E-state index contributed by atoms with van der Waals surface area (Å²) in [5.74, 6) is -0.0771. The number of nitriles is 1. The monoisotopic (exact) mass is 553 g/mol. The van der Waals surface area contributed by atoms with Crippen LogP contribution in [-0.2, 0) is 27.4 Å². The number of carbonyl (C=O) groups excluding carboxylic acids is 1. The van der Waals surface area contributed by atoms with Crippen LogP contribution in [0.1, 0.15) is 67.4 Å². The molecule has 0 unspecified atom stereocenters. The molecule has 4 rings (SSSR count). The maximum atomic E-state index is 13.4. The van der Waals surface area contributed by atoms with Crippen molar-refractivity contribution in [2.24, 2.45) is 0 Å². The number of nitrogens with one attached hydrogen (secondary N) is 1. The molecule has 2 fully saturated rings. The van der Waals surface area contributed by atoms with Crippen molar-refractivity contribution in [1.82, 2.24) is 10.2 Å². The molecule has 2 aliphatic heterocycles. The molecule has 39 heavy (non-hydrogen) atoms. The number of carbonyl (C=O) groups is 1. The number of benzene rings is 2. The first-order chi connectivity index (χ1) is 18.3. The number of likely N-dealkylation sites (tertiary alicyclic amines) is 1. The normalized spacial score (nSPS) is 25.3. The standard InChI is InChI=1S/C28H29F6N3O2/c1-19(20-13-22(27(29,30)31)15-23(14-20)28(32,33)34)39-18-26(21-7-3-2-4-8-21)11-10-25(16-35,17-36-26)37-12-6-5-9-24(37)38/h2-4,7-8,13-15,19,36H,5-6,9-12,17-18H2,1H3/t19-,25-,26+/m1/s1. The number of rotatable bonds is 6. The summed E-state index contributed by atoms with van der Waals surface area (Å²) in [5, 5.41) is 13.5. The minimum Gasteiger partial charge on any atom is -0.372 e. The van der Waals surface area contributed by atoms with Crippen molar-refractivity contribution in [3.8, 4) is 6.07 Å². The van der Waals surface area contributed by atoms with Crippen LogP contribution in [-0.4, -0.2) is 36.0 Å². The molecule has 1 N–H and O–H groups in total. The number of alkyl halides is 6. The molecule has 210 valence electrons. The van der Waals surface area contributed by atoms with Crippen LogP contribution >= 0.6 is 0 Å². The zero-order valence-corrected chi connectivity index (χ0v) is 21.3. The maximum absolute atomic E-state index is 13.4. The van der Waals surface area contributed by atoms with Crippen LogP contribution in [0.5, 0.6) is 0 Å². The second-order valence-corrected chi connectivity index (χ2v) is 10.2. The van der Waals surface area contributed by atoms with Crippen molar-refractivity contribution < 1.29 is 35.9 Å². The summed E-state index contributed by atoms with van der Waals surface area (Å²) in [6.45, 7) is 1.95. The Morgan fingerprint density at radius 2 is 1.67 bits per heavy atom. The molecule has 2 aromatic rings. The minimum absolute atomic E-state index is 0.0771. The predicted octanol–water partition coefficient (Wildman–Crippen LogP) is 6.36. The number of hydrogen-bond donors (Lipinski definition) is 1. The molecule has 11 heteroatoms. The van der Waals surface area contributed by atoms with Crippen LogP contribution in [0.3, 0.4) is 0 Å². The van der Waals surface area contributed by atoms with Crippen molar-refractivity contribution in [3.63, 3.8) is 0 Å². The molecule has 0 saturated carbocycles. The van der Waals surface area contributed by atoms with Gasteiger partial charge in [0.2, 0.25) is 5.91 Å². The van der Waals surface area contributed by atoms with Gasteiger partial charge >= 0.3 is 12.4 Å². The highest BCUT2D eigenvalue weighted by Crippen LogP contribution is 2.41. The van der Waals surface area contributed by atoms with Crippen LogP contribution in [0, 0.1) is 11.3 Å². The summed E-state index contributed by atoms with van der Waals surface area (Å²) >= 11 is 0. The van der Waals surface area contributed by atoms with Gasteiger partial charge in [0.25, 0.3) is 0 Å². The van der Waals surface area contributed by atoms with Gasteiger partial charge in [-0.25, -0.2) is 0 Å². The zero-order valence-electron chi connectivity index (χ0n) is 21.3. The van der Waals surface area contributed by atoms with E-state index in [4.69, 9.17) is 4.74 Å². The number of ether oxygens (including phenoxy) is 1. The molecule has 2 aliphatic rings. The quantitative estimate of drug-likeness (QED) is 0.423. The Kier molecular flexibility index (Phi) is 8.01. The third-order valence-corrected chi connectivity index (χ3v) is 7.72. The zero-order chi connectivity index (χ0) is 28.5. The van der Waals surface area contributed by atoms with E-state index in [0.29, 0.717) is 37.9 Å². The summed E-state index contributed by atoms with van der Waals surface area (Å²) in [6.07, 6.45) is -8.37. The Balaban J connectivity index is 1.60. The molecule has 0 bridgehead atoms. The maximum Gasteiger partial charge on any atom is 0.416 e. The van der Waals surface area contributed by atoms with Crippen LogP contribution in [0.25, 0.3) is 0 Å². The molecule has 2 heterocycles. The summed E-state index contributed by atoms with van der Waals surface area (Å²) in [4.78, 5) is 14.2. The molecular weight excluding hydrogens is 524 g/mol. The van der Waals surface area contributed by atoms with Gasteiger partial charge in [-0.05, 0) is 61.9 Å². The molecule has 2 saturated heterocycles. The molecule has 0 radical (unpaired) electrons. The van der Waals surface area contributed by atoms with Crippen LogP contribution in [0.4, 0.5) is 26.3 Å². The molecule has 0 aromatic heterocycles. The van der Waals surface area contributed by atoms with Crippen LogP contribution in [0.15, 0.2) is 48.5 Å². The highest BCUT2D eigenvalue weighted by atomic mass is 19.4. The Labute approximate surface area is 222 Å². The lowest BCUT2D eigenvalue weighted by molar-refractivity contribution is -0.143. The van der Waals surface area contributed by atoms with E-state index >= 15 is 0 Å². The lowest BCUT2D eigenvalue weighted by Crippen LogP contribution is -2.65. The van der Waals surface area contributed by atoms with E-state index in [1.165, 1.54) is 6.92 Å². The van der Waals surface area contributed by atoms with Gasteiger partial charge in [-0.2, -0.15) is 31.6 Å². The minimum atomic E-state index is -4.96. The van der Waals surface area contributed by atoms with Crippen molar-refractivity contribution in [3.05, 3.63) is 70.8 Å². The fourth-order valence-electron chi connectivity index (χ4n) is 5.34. The van der Waals surface area contributed by atoms with Crippen molar-refractivity contribution >= 4 is 5.91 Å². The topological polar surface area (TPSA) is 65.4 Å². The number of piperidine rings is 2. The van der Waals surface area contributed by atoms with Gasteiger partial charge in [0.1, 0.15) is 5.54 Å². The van der Waals surface area contributed by atoms with Gasteiger partial charge in [0.15, 0.2) is 0 Å². The fourth-order valence-corrected chi connectivity index (χ4v) is 5.34. The SMILES string of the molecule is C[C@@H](OC[C@]1(c2ccccc2)CC[C@](C#N)(N2CCCCC2=O)CN1)c1cc(C(F)(F)F)cc(C(F)(F)F)c1. The van der Waals surface area contributed by atoms with Crippen molar-refractivity contribution in [2.45, 2.75) is 68.6 Å². The highest BCUT2D eigenvalue weighted by Gasteiger charge is 2.49. The number of amides is 1. The number of hydrogen-bond acceptors (Lipinski definition) is 4.